The van der Waals surface area contributed by atoms with Gasteiger partial charge in [0.25, 0.3) is 0 Å². The van der Waals surface area contributed by atoms with Crippen molar-refractivity contribution in [1.82, 2.24) is 0 Å². The number of aliphatic hydroxyl groups is 1. The summed E-state index contributed by atoms with van der Waals surface area (Å²) in [5, 5.41) is 18.7. The van der Waals surface area contributed by atoms with Gasteiger partial charge in [-0.3, -0.25) is 0 Å². The smallest absolute Gasteiger partial charge is 0.122 e. The van der Waals surface area contributed by atoms with Crippen molar-refractivity contribution in [2.75, 3.05) is 13.2 Å². The van der Waals surface area contributed by atoms with E-state index in [1.807, 2.05) is 0 Å². The molecule has 90 valence electrons. The highest BCUT2D eigenvalue weighted by molar-refractivity contribution is 5.31. The van der Waals surface area contributed by atoms with Gasteiger partial charge in [0.05, 0.1) is 12.7 Å². The van der Waals surface area contributed by atoms with E-state index < -0.39 is 0 Å². The van der Waals surface area contributed by atoms with E-state index in [4.69, 9.17) is 10.5 Å². The van der Waals surface area contributed by atoms with E-state index in [1.54, 1.807) is 24.3 Å². The molecule has 1 aromatic carbocycles. The molecule has 1 atom stereocenters. The second-order valence-corrected chi connectivity index (χ2v) is 3.72. The quantitative estimate of drug-likeness (QED) is 0.653. The summed E-state index contributed by atoms with van der Waals surface area (Å²) in [6.07, 6.45) is 1.75. The number of rotatable bonds is 7. The number of phenolic OH excluding ortho intramolecular Hbond substituents is 1. The van der Waals surface area contributed by atoms with Crippen molar-refractivity contribution < 1.29 is 14.9 Å². The Morgan fingerprint density at radius 1 is 1.31 bits per heavy atom. The normalized spacial score (nSPS) is 12.4. The number of aliphatic hydroxyl groups excluding tert-OH is 1. The maximum absolute atomic E-state index is 9.53. The van der Waals surface area contributed by atoms with Crippen LogP contribution in [0.5, 0.6) is 11.5 Å². The Morgan fingerprint density at radius 3 is 2.81 bits per heavy atom. The van der Waals surface area contributed by atoms with Crippen molar-refractivity contribution in [3.05, 3.63) is 24.3 Å². The van der Waals surface area contributed by atoms with Gasteiger partial charge in [-0.25, -0.2) is 0 Å². The van der Waals surface area contributed by atoms with Gasteiger partial charge in [-0.05, 0) is 31.5 Å². The fourth-order valence-electron chi connectivity index (χ4n) is 1.38. The molecule has 0 fully saturated rings. The zero-order valence-electron chi connectivity index (χ0n) is 9.30. The van der Waals surface area contributed by atoms with Crippen LogP contribution in [0.3, 0.4) is 0 Å². The first-order valence-electron chi connectivity index (χ1n) is 5.52. The first-order valence-corrected chi connectivity index (χ1v) is 5.52. The van der Waals surface area contributed by atoms with Gasteiger partial charge in [0.2, 0.25) is 0 Å². The zero-order valence-corrected chi connectivity index (χ0v) is 9.30. The molecule has 0 aliphatic rings. The lowest BCUT2D eigenvalue weighted by molar-refractivity contribution is 0.129. The number of nitrogens with two attached hydrogens (primary N) is 1. The van der Waals surface area contributed by atoms with Gasteiger partial charge in [0.1, 0.15) is 11.5 Å². The molecule has 0 aromatic heterocycles. The molecule has 0 aliphatic heterocycles. The molecule has 0 radical (unpaired) electrons. The van der Waals surface area contributed by atoms with Crippen LogP contribution in [0.2, 0.25) is 0 Å². The van der Waals surface area contributed by atoms with E-state index in [0.717, 1.165) is 6.42 Å². The van der Waals surface area contributed by atoms with E-state index in [2.05, 4.69) is 0 Å². The Morgan fingerprint density at radius 2 is 2.12 bits per heavy atom. The third-order valence-electron chi connectivity index (χ3n) is 2.28. The van der Waals surface area contributed by atoms with E-state index >= 15 is 0 Å². The van der Waals surface area contributed by atoms with Crippen molar-refractivity contribution in [2.24, 2.45) is 5.73 Å². The molecule has 16 heavy (non-hydrogen) atoms. The van der Waals surface area contributed by atoms with Gasteiger partial charge in [-0.2, -0.15) is 0 Å². The van der Waals surface area contributed by atoms with Crippen LogP contribution in [-0.4, -0.2) is 29.5 Å². The third kappa shape index (κ3) is 5.00. The Hall–Kier alpha value is -1.26. The van der Waals surface area contributed by atoms with Crippen LogP contribution in [0.15, 0.2) is 24.3 Å². The molecule has 0 spiro atoms. The molecule has 0 heterocycles. The summed E-state index contributed by atoms with van der Waals surface area (Å²) in [4.78, 5) is 0. The molecule has 0 bridgehead atoms. The third-order valence-corrected chi connectivity index (χ3v) is 2.28. The average Bonchev–Trinajstić information content (AvgIpc) is 2.26. The predicted molar refractivity (Wildman–Crippen MR) is 62.5 cm³/mol. The van der Waals surface area contributed by atoms with E-state index in [1.165, 1.54) is 0 Å². The fraction of sp³-hybridized carbons (Fsp3) is 0.500. The first kappa shape index (κ1) is 12.8. The topological polar surface area (TPSA) is 75.7 Å². The number of ether oxygens (including phenoxy) is 1. The van der Waals surface area contributed by atoms with Gasteiger partial charge in [-0.15, -0.1) is 0 Å². The first-order chi connectivity index (χ1) is 7.72. The van der Waals surface area contributed by atoms with Crippen LogP contribution in [0.1, 0.15) is 19.3 Å². The van der Waals surface area contributed by atoms with E-state index in [0.29, 0.717) is 31.7 Å². The lowest BCUT2D eigenvalue weighted by Crippen LogP contribution is -2.13. The minimum Gasteiger partial charge on any atom is -0.508 e. The molecule has 0 saturated heterocycles. The molecule has 0 amide bonds. The number of benzene rings is 1. The van der Waals surface area contributed by atoms with E-state index in [-0.39, 0.29) is 11.9 Å². The van der Waals surface area contributed by atoms with Crippen LogP contribution in [0, 0.1) is 0 Å². The summed E-state index contributed by atoms with van der Waals surface area (Å²) in [6, 6.07) is 6.62. The molecule has 4 nitrogen and oxygen atoms in total. The Labute approximate surface area is 95.7 Å². The zero-order chi connectivity index (χ0) is 11.8. The Bertz CT molecular complexity index is 304. The summed E-state index contributed by atoms with van der Waals surface area (Å²) in [5.74, 6) is 0.798. The molecule has 0 saturated carbocycles. The molecular weight excluding hydrogens is 206 g/mol. The highest BCUT2D eigenvalue weighted by Gasteiger charge is 2.03. The number of hydrogen-bond acceptors (Lipinski definition) is 4. The number of aromatic hydroxyl groups is 1. The SMILES string of the molecule is NCCCC(O)CCOc1cccc(O)c1. The van der Waals surface area contributed by atoms with Crippen LogP contribution in [0.25, 0.3) is 0 Å². The fourth-order valence-corrected chi connectivity index (χ4v) is 1.38. The highest BCUT2D eigenvalue weighted by Crippen LogP contribution is 2.17. The van der Waals surface area contributed by atoms with Crippen molar-refractivity contribution in [3.8, 4) is 11.5 Å². The Balaban J connectivity index is 2.20. The molecule has 4 N–H and O–H groups in total. The van der Waals surface area contributed by atoms with Crippen molar-refractivity contribution in [1.29, 1.82) is 0 Å². The van der Waals surface area contributed by atoms with E-state index in [9.17, 15) is 10.2 Å². The van der Waals surface area contributed by atoms with Crippen molar-refractivity contribution in [2.45, 2.75) is 25.4 Å². The van der Waals surface area contributed by atoms with Crippen LogP contribution in [-0.2, 0) is 0 Å². The summed E-state index contributed by atoms with van der Waals surface area (Å²) >= 11 is 0. The average molecular weight is 225 g/mol. The second-order valence-electron chi connectivity index (χ2n) is 3.72. The number of hydrogen-bond donors (Lipinski definition) is 3. The molecule has 1 unspecified atom stereocenters. The predicted octanol–water partition coefficient (Wildman–Crippen LogP) is 1.26. The second kappa shape index (κ2) is 7.09. The Kier molecular flexibility index (Phi) is 5.67. The van der Waals surface area contributed by atoms with Crippen molar-refractivity contribution >= 4 is 0 Å². The monoisotopic (exact) mass is 225 g/mol. The molecule has 1 rings (SSSR count). The number of phenols is 1. The van der Waals surface area contributed by atoms with Crippen molar-refractivity contribution in [3.63, 3.8) is 0 Å². The van der Waals surface area contributed by atoms with Gasteiger partial charge in [0, 0.05) is 12.5 Å². The minimum absolute atomic E-state index is 0.182. The standard InChI is InChI=1S/C12H19NO3/c13-7-2-4-10(14)6-8-16-12-5-1-3-11(15)9-12/h1,3,5,9-10,14-15H,2,4,6-8,13H2. The van der Waals surface area contributed by atoms with Gasteiger partial charge in [-0.1, -0.05) is 6.07 Å². The summed E-state index contributed by atoms with van der Waals surface area (Å²) in [7, 11) is 0. The summed E-state index contributed by atoms with van der Waals surface area (Å²) in [6.45, 7) is 1.04. The van der Waals surface area contributed by atoms with Gasteiger partial charge in [0.15, 0.2) is 0 Å². The lowest BCUT2D eigenvalue weighted by atomic mass is 10.1. The van der Waals surface area contributed by atoms with Gasteiger partial charge >= 0.3 is 0 Å². The highest BCUT2D eigenvalue weighted by atomic mass is 16.5. The van der Waals surface area contributed by atoms with Crippen LogP contribution < -0.4 is 10.5 Å². The summed E-state index contributed by atoms with van der Waals surface area (Å²) < 4.78 is 5.39. The van der Waals surface area contributed by atoms with Crippen LogP contribution in [0.4, 0.5) is 0 Å². The van der Waals surface area contributed by atoms with Crippen LogP contribution >= 0.6 is 0 Å². The maximum Gasteiger partial charge on any atom is 0.122 e. The molecular formula is C12H19NO3. The maximum atomic E-state index is 9.53. The molecule has 0 aliphatic carbocycles. The lowest BCUT2D eigenvalue weighted by Gasteiger charge is -2.11. The molecule has 1 aromatic rings. The summed E-state index contributed by atoms with van der Waals surface area (Å²) in [5.41, 5.74) is 5.34. The minimum atomic E-state index is -0.360. The largest absolute Gasteiger partial charge is 0.508 e. The molecule has 4 heteroatoms. The van der Waals surface area contributed by atoms with Gasteiger partial charge < -0.3 is 20.7 Å².